The molecule has 0 radical (unpaired) electrons. The summed E-state index contributed by atoms with van der Waals surface area (Å²) in [6.07, 6.45) is 5.60. The van der Waals surface area contributed by atoms with Crippen LogP contribution in [0, 0.1) is 11.3 Å². The maximum Gasteiger partial charge on any atom is 0.0823 e. The zero-order valence-electron chi connectivity index (χ0n) is 13.7. The fourth-order valence-corrected chi connectivity index (χ4v) is 4.11. The summed E-state index contributed by atoms with van der Waals surface area (Å²) in [4.78, 5) is 5.11. The van der Waals surface area contributed by atoms with Crippen LogP contribution >= 0.6 is 0 Å². The molecule has 0 spiro atoms. The van der Waals surface area contributed by atoms with Gasteiger partial charge in [-0.05, 0) is 57.8 Å². The van der Waals surface area contributed by atoms with E-state index in [0.29, 0.717) is 6.04 Å². The van der Waals surface area contributed by atoms with Crippen LogP contribution in [0.4, 0.5) is 0 Å². The van der Waals surface area contributed by atoms with Gasteiger partial charge >= 0.3 is 0 Å². The van der Waals surface area contributed by atoms with Gasteiger partial charge < -0.3 is 4.90 Å². The molecule has 1 saturated heterocycles. The molecule has 2 fully saturated rings. The number of hydrogen-bond acceptors (Lipinski definition) is 3. The molecule has 1 saturated carbocycles. The molecule has 0 atom stereocenters. The zero-order chi connectivity index (χ0) is 15.4. The summed E-state index contributed by atoms with van der Waals surface area (Å²) < 4.78 is 0. The van der Waals surface area contributed by atoms with Crippen molar-refractivity contribution in [1.29, 1.82) is 5.26 Å². The third-order valence-electron chi connectivity index (χ3n) is 5.62. The van der Waals surface area contributed by atoms with Gasteiger partial charge in [-0.25, -0.2) is 0 Å². The molecule has 2 aliphatic rings. The molecule has 3 rings (SSSR count). The lowest BCUT2D eigenvalue weighted by atomic mass is 9.69. The minimum Gasteiger partial charge on any atom is -0.305 e. The molecule has 1 heterocycles. The number of nitriles is 1. The van der Waals surface area contributed by atoms with Gasteiger partial charge in [-0.2, -0.15) is 5.26 Å². The highest BCUT2D eigenvalue weighted by atomic mass is 15.2. The molecule has 1 aliphatic carbocycles. The highest BCUT2D eigenvalue weighted by Gasteiger charge is 2.38. The summed E-state index contributed by atoms with van der Waals surface area (Å²) in [5.74, 6) is 0. The van der Waals surface area contributed by atoms with Crippen molar-refractivity contribution < 1.29 is 0 Å². The molecule has 1 aromatic rings. The topological polar surface area (TPSA) is 30.3 Å². The molecule has 3 heteroatoms. The molecule has 1 aliphatic heterocycles. The second-order valence-electron chi connectivity index (χ2n) is 6.98. The monoisotopic (exact) mass is 297 g/mol. The summed E-state index contributed by atoms with van der Waals surface area (Å²) in [6.45, 7) is 4.81. The Morgan fingerprint density at radius 1 is 1.05 bits per heavy atom. The predicted octanol–water partition coefficient (Wildman–Crippen LogP) is 3.03. The number of hydrogen-bond donors (Lipinski definition) is 0. The van der Waals surface area contributed by atoms with Gasteiger partial charge in [0.1, 0.15) is 0 Å². The van der Waals surface area contributed by atoms with E-state index >= 15 is 0 Å². The minimum atomic E-state index is -0.250. The Bertz CT molecular complexity index is 511. The van der Waals surface area contributed by atoms with Gasteiger partial charge in [-0.3, -0.25) is 4.90 Å². The highest BCUT2D eigenvalue weighted by Crippen LogP contribution is 2.40. The number of nitrogens with zero attached hydrogens (tertiary/aromatic N) is 3. The van der Waals surface area contributed by atoms with Crippen LogP contribution in [0.25, 0.3) is 0 Å². The Morgan fingerprint density at radius 3 is 2.45 bits per heavy atom. The number of likely N-dealkylation sites (N-methyl/N-ethyl adjacent to an activating group) is 1. The zero-order valence-corrected chi connectivity index (χ0v) is 13.7. The van der Waals surface area contributed by atoms with E-state index in [2.05, 4.69) is 47.2 Å². The second-order valence-corrected chi connectivity index (χ2v) is 6.98. The smallest absolute Gasteiger partial charge is 0.0823 e. The Labute approximate surface area is 134 Å². The normalized spacial score (nSPS) is 31.4. The van der Waals surface area contributed by atoms with Crippen molar-refractivity contribution in [2.24, 2.45) is 0 Å². The van der Waals surface area contributed by atoms with E-state index in [1.54, 1.807) is 0 Å². The van der Waals surface area contributed by atoms with E-state index in [1.165, 1.54) is 38.2 Å². The summed E-state index contributed by atoms with van der Waals surface area (Å²) in [5.41, 5.74) is 0.965. The van der Waals surface area contributed by atoms with E-state index in [4.69, 9.17) is 0 Å². The average molecular weight is 297 g/mol. The van der Waals surface area contributed by atoms with Gasteiger partial charge in [-0.1, -0.05) is 30.3 Å². The molecular formula is C19H27N3. The lowest BCUT2D eigenvalue weighted by Crippen LogP contribution is -2.43. The molecule has 0 N–H and O–H groups in total. The van der Waals surface area contributed by atoms with Gasteiger partial charge in [0.2, 0.25) is 0 Å². The number of rotatable bonds is 2. The third-order valence-corrected chi connectivity index (χ3v) is 5.62. The van der Waals surface area contributed by atoms with Crippen LogP contribution in [-0.4, -0.2) is 49.1 Å². The molecule has 3 nitrogen and oxygen atoms in total. The average Bonchev–Trinajstić information content (AvgIpc) is 2.80. The maximum absolute atomic E-state index is 9.80. The van der Waals surface area contributed by atoms with Crippen LogP contribution in [0.15, 0.2) is 30.3 Å². The Kier molecular flexibility index (Phi) is 4.81. The van der Waals surface area contributed by atoms with Gasteiger partial charge in [-0.15, -0.1) is 0 Å². The van der Waals surface area contributed by atoms with Gasteiger partial charge in [0.25, 0.3) is 0 Å². The van der Waals surface area contributed by atoms with Gasteiger partial charge in [0, 0.05) is 19.1 Å². The number of benzene rings is 1. The van der Waals surface area contributed by atoms with Gasteiger partial charge in [0.15, 0.2) is 0 Å². The molecule has 0 unspecified atom stereocenters. The maximum atomic E-state index is 9.80. The van der Waals surface area contributed by atoms with Gasteiger partial charge in [0.05, 0.1) is 11.5 Å². The van der Waals surface area contributed by atoms with E-state index < -0.39 is 0 Å². The molecule has 0 amide bonds. The van der Waals surface area contributed by atoms with E-state index in [0.717, 1.165) is 25.7 Å². The van der Waals surface area contributed by atoms with Crippen LogP contribution in [0.2, 0.25) is 0 Å². The fraction of sp³-hybridized carbons (Fsp3) is 0.632. The van der Waals surface area contributed by atoms with Crippen LogP contribution in [-0.2, 0) is 5.41 Å². The SMILES string of the molecule is CN1CCCN(C2CCC(C#N)(c3ccccc3)CC2)CC1. The van der Waals surface area contributed by atoms with Crippen LogP contribution in [0.1, 0.15) is 37.7 Å². The first kappa shape index (κ1) is 15.5. The van der Waals surface area contributed by atoms with Crippen molar-refractivity contribution in [2.75, 3.05) is 33.2 Å². The Balaban J connectivity index is 1.65. The molecule has 0 aromatic heterocycles. The van der Waals surface area contributed by atoms with Crippen molar-refractivity contribution >= 4 is 0 Å². The molecule has 118 valence electrons. The quantitative estimate of drug-likeness (QED) is 0.840. The fourth-order valence-electron chi connectivity index (χ4n) is 4.11. The third kappa shape index (κ3) is 3.19. The Hall–Kier alpha value is -1.37. The van der Waals surface area contributed by atoms with Crippen molar-refractivity contribution in [1.82, 2.24) is 9.80 Å². The van der Waals surface area contributed by atoms with Crippen LogP contribution in [0.3, 0.4) is 0 Å². The summed E-state index contributed by atoms with van der Waals surface area (Å²) >= 11 is 0. The van der Waals surface area contributed by atoms with E-state index in [9.17, 15) is 5.26 Å². The first-order valence-electron chi connectivity index (χ1n) is 8.63. The van der Waals surface area contributed by atoms with E-state index in [1.807, 2.05) is 6.07 Å². The molecule has 1 aromatic carbocycles. The largest absolute Gasteiger partial charge is 0.305 e. The first-order valence-corrected chi connectivity index (χ1v) is 8.63. The summed E-state index contributed by atoms with van der Waals surface area (Å²) in [6, 6.07) is 13.7. The second kappa shape index (κ2) is 6.81. The van der Waals surface area contributed by atoms with Crippen molar-refractivity contribution in [3.05, 3.63) is 35.9 Å². The lowest BCUT2D eigenvalue weighted by Gasteiger charge is -2.40. The molecular weight excluding hydrogens is 270 g/mol. The van der Waals surface area contributed by atoms with Crippen molar-refractivity contribution in [3.8, 4) is 6.07 Å². The van der Waals surface area contributed by atoms with Crippen LogP contribution < -0.4 is 0 Å². The van der Waals surface area contributed by atoms with Crippen LogP contribution in [0.5, 0.6) is 0 Å². The van der Waals surface area contributed by atoms with Crippen molar-refractivity contribution in [2.45, 2.75) is 43.6 Å². The molecule has 22 heavy (non-hydrogen) atoms. The highest BCUT2D eigenvalue weighted by molar-refractivity contribution is 5.33. The first-order chi connectivity index (χ1) is 10.7. The Morgan fingerprint density at radius 2 is 1.77 bits per heavy atom. The van der Waals surface area contributed by atoms with E-state index in [-0.39, 0.29) is 5.41 Å². The molecule has 0 bridgehead atoms. The predicted molar refractivity (Wildman–Crippen MR) is 89.7 cm³/mol. The summed E-state index contributed by atoms with van der Waals surface area (Å²) in [5, 5.41) is 9.80. The minimum absolute atomic E-state index is 0.250. The van der Waals surface area contributed by atoms with Crippen molar-refractivity contribution in [3.63, 3.8) is 0 Å². The summed E-state index contributed by atoms with van der Waals surface area (Å²) in [7, 11) is 2.22. The standard InChI is InChI=1S/C19H27N3/c1-21-12-5-13-22(15-14-21)18-8-10-19(16-20,11-9-18)17-6-3-2-4-7-17/h2-4,6-7,18H,5,8-15H2,1H3. The lowest BCUT2D eigenvalue weighted by molar-refractivity contribution is 0.141.